The number of benzene rings is 1. The van der Waals surface area contributed by atoms with E-state index in [9.17, 15) is 9.59 Å². The first kappa shape index (κ1) is 11.5. The lowest BCUT2D eigenvalue weighted by atomic mass is 10.1. The fourth-order valence-corrected chi connectivity index (χ4v) is 1.55. The van der Waals surface area contributed by atoms with E-state index in [0.717, 1.165) is 0 Å². The molecule has 0 heterocycles. The Labute approximate surface area is 91.9 Å². The molecule has 0 fully saturated rings. The van der Waals surface area contributed by atoms with Crippen LogP contribution in [0.4, 0.5) is 5.69 Å². The first-order chi connectivity index (χ1) is 6.93. The molecule has 1 aromatic rings. The van der Waals surface area contributed by atoms with Gasteiger partial charge in [-0.15, -0.1) is 0 Å². The smallest absolute Gasteiger partial charge is 0.337 e. The number of carboxylic acid groups (broad SMARTS) is 1. The normalized spacial score (nSPS) is 9.80. The lowest BCUT2D eigenvalue weighted by Crippen LogP contribution is -2.10. The third-order valence-electron chi connectivity index (χ3n) is 1.94. The Bertz CT molecular complexity index is 429. The summed E-state index contributed by atoms with van der Waals surface area (Å²) in [5.41, 5.74) is 0.928. The van der Waals surface area contributed by atoms with Crippen LogP contribution in [0.3, 0.4) is 0 Å². The molecule has 0 aliphatic carbocycles. The van der Waals surface area contributed by atoms with Crippen LogP contribution >= 0.6 is 11.6 Å². The molecule has 4 nitrogen and oxygen atoms in total. The number of halogens is 1. The van der Waals surface area contributed by atoms with Gasteiger partial charge in [0.05, 0.1) is 10.6 Å². The maximum Gasteiger partial charge on any atom is 0.337 e. The number of hydrogen-bond acceptors (Lipinski definition) is 2. The van der Waals surface area contributed by atoms with Crippen molar-refractivity contribution >= 4 is 29.2 Å². The largest absolute Gasteiger partial charge is 0.478 e. The summed E-state index contributed by atoms with van der Waals surface area (Å²) in [7, 11) is 0. The maximum absolute atomic E-state index is 10.9. The van der Waals surface area contributed by atoms with Crippen LogP contribution in [0.2, 0.25) is 5.02 Å². The standard InChI is InChI=1S/C10H10ClNO3/c1-5-8(12-6(2)13)4-3-7(11)9(5)10(14)15/h3-4H,1-2H3,(H,12,13)(H,14,15). The van der Waals surface area contributed by atoms with Crippen LogP contribution < -0.4 is 5.32 Å². The van der Waals surface area contributed by atoms with Crippen molar-refractivity contribution in [3.8, 4) is 0 Å². The highest BCUT2D eigenvalue weighted by atomic mass is 35.5. The van der Waals surface area contributed by atoms with Crippen LogP contribution in [0, 0.1) is 6.92 Å². The quantitative estimate of drug-likeness (QED) is 0.815. The van der Waals surface area contributed by atoms with Gasteiger partial charge in [-0.1, -0.05) is 11.6 Å². The van der Waals surface area contributed by atoms with E-state index in [2.05, 4.69) is 5.32 Å². The molecule has 0 aliphatic rings. The van der Waals surface area contributed by atoms with Crippen molar-refractivity contribution in [2.45, 2.75) is 13.8 Å². The molecule has 0 atom stereocenters. The number of nitrogens with one attached hydrogen (secondary N) is 1. The summed E-state index contributed by atoms with van der Waals surface area (Å²) < 4.78 is 0. The van der Waals surface area contributed by atoms with Crippen molar-refractivity contribution in [2.24, 2.45) is 0 Å². The van der Waals surface area contributed by atoms with Gasteiger partial charge in [-0.05, 0) is 24.6 Å². The topological polar surface area (TPSA) is 66.4 Å². The van der Waals surface area contributed by atoms with Crippen molar-refractivity contribution in [3.05, 3.63) is 28.3 Å². The lowest BCUT2D eigenvalue weighted by molar-refractivity contribution is -0.114. The van der Waals surface area contributed by atoms with E-state index in [-0.39, 0.29) is 16.5 Å². The third kappa shape index (κ3) is 2.47. The van der Waals surface area contributed by atoms with Crippen molar-refractivity contribution in [2.75, 3.05) is 5.32 Å². The van der Waals surface area contributed by atoms with Gasteiger partial charge in [-0.3, -0.25) is 4.79 Å². The maximum atomic E-state index is 10.9. The molecule has 5 heteroatoms. The molecule has 1 amide bonds. The number of anilines is 1. The second-order valence-electron chi connectivity index (χ2n) is 3.08. The van der Waals surface area contributed by atoms with E-state index < -0.39 is 5.97 Å². The van der Waals surface area contributed by atoms with Gasteiger partial charge in [-0.2, -0.15) is 0 Å². The van der Waals surface area contributed by atoms with Gasteiger partial charge >= 0.3 is 5.97 Å². The Morgan fingerprint density at radius 1 is 1.40 bits per heavy atom. The predicted octanol–water partition coefficient (Wildman–Crippen LogP) is 2.31. The lowest BCUT2D eigenvalue weighted by Gasteiger charge is -2.10. The van der Waals surface area contributed by atoms with Gasteiger partial charge < -0.3 is 10.4 Å². The van der Waals surface area contributed by atoms with Crippen molar-refractivity contribution in [1.29, 1.82) is 0 Å². The Morgan fingerprint density at radius 3 is 2.47 bits per heavy atom. The number of carbonyl (C=O) groups is 2. The molecular weight excluding hydrogens is 218 g/mol. The van der Waals surface area contributed by atoms with Crippen LogP contribution in [0.25, 0.3) is 0 Å². The minimum Gasteiger partial charge on any atom is -0.478 e. The number of amides is 1. The fraction of sp³-hybridized carbons (Fsp3) is 0.200. The second kappa shape index (κ2) is 4.31. The molecule has 0 saturated carbocycles. The second-order valence-corrected chi connectivity index (χ2v) is 3.49. The molecule has 0 spiro atoms. The summed E-state index contributed by atoms with van der Waals surface area (Å²) in [6.07, 6.45) is 0. The summed E-state index contributed by atoms with van der Waals surface area (Å²) in [5, 5.41) is 11.6. The number of carbonyl (C=O) groups excluding carboxylic acids is 1. The molecule has 80 valence electrons. The zero-order chi connectivity index (χ0) is 11.6. The van der Waals surface area contributed by atoms with Gasteiger partial charge in [0.15, 0.2) is 0 Å². The highest BCUT2D eigenvalue weighted by Crippen LogP contribution is 2.26. The van der Waals surface area contributed by atoms with E-state index >= 15 is 0 Å². The van der Waals surface area contributed by atoms with Crippen molar-refractivity contribution < 1.29 is 14.7 Å². The molecule has 0 aliphatic heterocycles. The monoisotopic (exact) mass is 227 g/mol. The highest BCUT2D eigenvalue weighted by Gasteiger charge is 2.15. The minimum absolute atomic E-state index is 0.0166. The van der Waals surface area contributed by atoms with Gasteiger partial charge in [-0.25, -0.2) is 4.79 Å². The number of hydrogen-bond donors (Lipinski definition) is 2. The molecule has 0 unspecified atom stereocenters. The number of aromatic carboxylic acids is 1. The van der Waals surface area contributed by atoms with Crippen LogP contribution in [0.1, 0.15) is 22.8 Å². The van der Waals surface area contributed by atoms with Crippen LogP contribution in [-0.4, -0.2) is 17.0 Å². The summed E-state index contributed by atoms with van der Waals surface area (Å²) in [4.78, 5) is 21.7. The van der Waals surface area contributed by atoms with E-state index in [1.807, 2.05) is 0 Å². The summed E-state index contributed by atoms with van der Waals surface area (Å²) in [5.74, 6) is -1.36. The first-order valence-electron chi connectivity index (χ1n) is 4.23. The Kier molecular flexibility index (Phi) is 3.31. The minimum atomic E-state index is -1.11. The SMILES string of the molecule is CC(=O)Nc1ccc(Cl)c(C(=O)O)c1C. The molecule has 0 aromatic heterocycles. The Hall–Kier alpha value is -1.55. The zero-order valence-electron chi connectivity index (χ0n) is 8.30. The third-order valence-corrected chi connectivity index (χ3v) is 2.25. The van der Waals surface area contributed by atoms with Gasteiger partial charge in [0.2, 0.25) is 5.91 Å². The van der Waals surface area contributed by atoms with E-state index in [1.54, 1.807) is 13.0 Å². The van der Waals surface area contributed by atoms with Gasteiger partial charge in [0.1, 0.15) is 0 Å². The van der Waals surface area contributed by atoms with Crippen molar-refractivity contribution in [3.63, 3.8) is 0 Å². The Balaban J connectivity index is 3.28. The van der Waals surface area contributed by atoms with E-state index in [1.165, 1.54) is 13.0 Å². The fourth-order valence-electron chi connectivity index (χ4n) is 1.27. The van der Waals surface area contributed by atoms with Crippen molar-refractivity contribution in [1.82, 2.24) is 0 Å². The molecular formula is C10H10ClNO3. The Morgan fingerprint density at radius 2 is 2.00 bits per heavy atom. The summed E-state index contributed by atoms with van der Waals surface area (Å²) in [6.45, 7) is 2.95. The first-order valence-corrected chi connectivity index (χ1v) is 4.61. The van der Waals surface area contributed by atoms with Crippen LogP contribution in [0.15, 0.2) is 12.1 Å². The van der Waals surface area contributed by atoms with E-state index in [4.69, 9.17) is 16.7 Å². The van der Waals surface area contributed by atoms with Crippen LogP contribution in [0.5, 0.6) is 0 Å². The molecule has 1 rings (SSSR count). The summed E-state index contributed by atoms with van der Waals surface area (Å²) in [6, 6.07) is 3.02. The summed E-state index contributed by atoms with van der Waals surface area (Å²) >= 11 is 5.74. The molecule has 15 heavy (non-hydrogen) atoms. The van der Waals surface area contributed by atoms with Crippen LogP contribution in [-0.2, 0) is 4.79 Å². The predicted molar refractivity (Wildman–Crippen MR) is 57.5 cm³/mol. The van der Waals surface area contributed by atoms with Gasteiger partial charge in [0, 0.05) is 12.6 Å². The molecule has 0 saturated heterocycles. The molecule has 0 bridgehead atoms. The zero-order valence-corrected chi connectivity index (χ0v) is 9.05. The average molecular weight is 228 g/mol. The molecule has 2 N–H and O–H groups in total. The average Bonchev–Trinajstić information content (AvgIpc) is 2.09. The van der Waals surface area contributed by atoms with E-state index in [0.29, 0.717) is 11.3 Å². The molecule has 0 radical (unpaired) electrons. The molecule has 1 aromatic carbocycles. The number of carboxylic acids is 1. The van der Waals surface area contributed by atoms with Gasteiger partial charge in [0.25, 0.3) is 0 Å². The highest BCUT2D eigenvalue weighted by molar-refractivity contribution is 6.33. The number of rotatable bonds is 2.